The molecule has 1 unspecified atom stereocenters. The Hall–Kier alpha value is -1.06. The number of carbonyl (C=O) groups excluding carboxylic acids is 1. The van der Waals surface area contributed by atoms with Crippen LogP contribution in [0.15, 0.2) is 18.2 Å². The normalized spacial score (nSPS) is 17.9. The minimum atomic E-state index is 0. The van der Waals surface area contributed by atoms with E-state index in [0.29, 0.717) is 0 Å². The molecular weight excluding hydrogens is 260 g/mol. The maximum absolute atomic E-state index is 12.0. The van der Waals surface area contributed by atoms with E-state index in [9.17, 15) is 4.79 Å². The lowest BCUT2D eigenvalue weighted by Crippen LogP contribution is -2.27. The first-order valence-electron chi connectivity index (χ1n) is 6.73. The van der Waals surface area contributed by atoms with Gasteiger partial charge in [0.25, 0.3) is 5.91 Å². The summed E-state index contributed by atoms with van der Waals surface area (Å²) >= 11 is 0. The zero-order chi connectivity index (χ0) is 13.0. The molecule has 1 aliphatic rings. The van der Waals surface area contributed by atoms with E-state index in [1.807, 2.05) is 26.0 Å². The molecule has 1 heterocycles. The molecule has 1 atom stereocenters. The molecule has 2 N–H and O–H groups in total. The zero-order valence-corrected chi connectivity index (χ0v) is 12.5. The summed E-state index contributed by atoms with van der Waals surface area (Å²) in [5, 5.41) is 6.36. The van der Waals surface area contributed by atoms with Gasteiger partial charge in [0.05, 0.1) is 0 Å². The molecule has 1 aromatic carbocycles. The number of hydrogen-bond donors (Lipinski definition) is 2. The molecule has 0 spiro atoms. The van der Waals surface area contributed by atoms with E-state index in [1.54, 1.807) is 0 Å². The Morgan fingerprint density at radius 1 is 1.42 bits per heavy atom. The maximum Gasteiger partial charge on any atom is 0.251 e. The van der Waals surface area contributed by atoms with Crippen LogP contribution in [-0.4, -0.2) is 25.5 Å². The highest BCUT2D eigenvalue weighted by Gasteiger charge is 2.14. The Morgan fingerprint density at radius 2 is 2.21 bits per heavy atom. The van der Waals surface area contributed by atoms with Gasteiger partial charge in [-0.2, -0.15) is 0 Å². The highest BCUT2D eigenvalue weighted by Crippen LogP contribution is 2.12. The van der Waals surface area contributed by atoms with Gasteiger partial charge in [-0.15, -0.1) is 12.4 Å². The molecule has 0 aliphatic carbocycles. The average Bonchev–Trinajstić information content (AvgIpc) is 2.81. The van der Waals surface area contributed by atoms with Crippen LogP contribution < -0.4 is 10.6 Å². The standard InChI is InChI=1S/C15H22N2O.ClH/c1-11-3-4-14(12(2)9-11)15(18)17-8-6-13-5-7-16-10-13;/h3-4,9,13,16H,5-8,10H2,1-2H3,(H,17,18);1H. The van der Waals surface area contributed by atoms with Crippen LogP contribution in [0.4, 0.5) is 0 Å². The van der Waals surface area contributed by atoms with E-state index in [-0.39, 0.29) is 18.3 Å². The third kappa shape index (κ3) is 4.51. The summed E-state index contributed by atoms with van der Waals surface area (Å²) in [5.74, 6) is 0.780. The molecule has 0 bridgehead atoms. The molecule has 1 aromatic rings. The van der Waals surface area contributed by atoms with Gasteiger partial charge >= 0.3 is 0 Å². The highest BCUT2D eigenvalue weighted by atomic mass is 35.5. The molecule has 0 aromatic heterocycles. The number of nitrogens with one attached hydrogen (secondary N) is 2. The Balaban J connectivity index is 0.00000180. The summed E-state index contributed by atoms with van der Waals surface area (Å²) in [6.45, 7) is 7.03. The van der Waals surface area contributed by atoms with Gasteiger partial charge in [0, 0.05) is 12.1 Å². The molecule has 106 valence electrons. The maximum atomic E-state index is 12.0. The fraction of sp³-hybridized carbons (Fsp3) is 0.533. The number of aryl methyl sites for hydroxylation is 2. The van der Waals surface area contributed by atoms with Gasteiger partial charge in [-0.05, 0) is 57.3 Å². The van der Waals surface area contributed by atoms with Crippen molar-refractivity contribution in [2.24, 2.45) is 5.92 Å². The van der Waals surface area contributed by atoms with Gasteiger partial charge < -0.3 is 10.6 Å². The third-order valence-corrected chi connectivity index (χ3v) is 3.63. The van der Waals surface area contributed by atoms with Gasteiger partial charge in [0.1, 0.15) is 0 Å². The van der Waals surface area contributed by atoms with Crippen LogP contribution >= 0.6 is 12.4 Å². The van der Waals surface area contributed by atoms with Crippen molar-refractivity contribution in [2.45, 2.75) is 26.7 Å². The summed E-state index contributed by atoms with van der Waals surface area (Å²) in [6, 6.07) is 5.95. The van der Waals surface area contributed by atoms with Crippen molar-refractivity contribution < 1.29 is 4.79 Å². The number of rotatable bonds is 4. The van der Waals surface area contributed by atoms with Crippen LogP contribution in [0.25, 0.3) is 0 Å². The van der Waals surface area contributed by atoms with Gasteiger partial charge in [-0.1, -0.05) is 17.7 Å². The Kier molecular flexibility index (Phi) is 6.32. The fourth-order valence-electron chi connectivity index (χ4n) is 2.51. The van der Waals surface area contributed by atoms with Crippen molar-refractivity contribution in [3.8, 4) is 0 Å². The summed E-state index contributed by atoms with van der Waals surface area (Å²) in [7, 11) is 0. The average molecular weight is 283 g/mol. The van der Waals surface area contributed by atoms with Crippen molar-refractivity contribution in [3.63, 3.8) is 0 Å². The van der Waals surface area contributed by atoms with Crippen molar-refractivity contribution >= 4 is 18.3 Å². The number of benzene rings is 1. The van der Waals surface area contributed by atoms with Crippen LogP contribution in [0.2, 0.25) is 0 Å². The molecule has 1 amide bonds. The fourth-order valence-corrected chi connectivity index (χ4v) is 2.51. The lowest BCUT2D eigenvalue weighted by molar-refractivity contribution is 0.0951. The zero-order valence-electron chi connectivity index (χ0n) is 11.7. The summed E-state index contributed by atoms with van der Waals surface area (Å²) in [4.78, 5) is 12.0. The summed E-state index contributed by atoms with van der Waals surface area (Å²) in [5.41, 5.74) is 3.04. The third-order valence-electron chi connectivity index (χ3n) is 3.63. The smallest absolute Gasteiger partial charge is 0.251 e. The Morgan fingerprint density at radius 3 is 2.84 bits per heavy atom. The van der Waals surface area contributed by atoms with Crippen LogP contribution in [0, 0.1) is 19.8 Å². The topological polar surface area (TPSA) is 41.1 Å². The Labute approximate surface area is 121 Å². The van der Waals surface area contributed by atoms with E-state index >= 15 is 0 Å². The molecule has 1 aliphatic heterocycles. The summed E-state index contributed by atoms with van der Waals surface area (Å²) < 4.78 is 0. The Bertz CT molecular complexity index is 428. The molecule has 4 heteroatoms. The molecule has 0 saturated carbocycles. The SMILES string of the molecule is Cc1ccc(C(=O)NCCC2CCNC2)c(C)c1.Cl. The largest absolute Gasteiger partial charge is 0.352 e. The molecule has 1 saturated heterocycles. The van der Waals surface area contributed by atoms with Crippen molar-refractivity contribution in [3.05, 3.63) is 34.9 Å². The highest BCUT2D eigenvalue weighted by molar-refractivity contribution is 5.95. The predicted octanol–water partition coefficient (Wildman–Crippen LogP) is 2.45. The van der Waals surface area contributed by atoms with Crippen LogP contribution in [-0.2, 0) is 0 Å². The van der Waals surface area contributed by atoms with Gasteiger partial charge in [-0.25, -0.2) is 0 Å². The lowest BCUT2D eigenvalue weighted by atomic mass is 10.0. The van der Waals surface area contributed by atoms with Crippen molar-refractivity contribution in [1.29, 1.82) is 0 Å². The number of hydrogen-bond acceptors (Lipinski definition) is 2. The van der Waals surface area contributed by atoms with Gasteiger partial charge in [0.15, 0.2) is 0 Å². The van der Waals surface area contributed by atoms with Crippen LogP contribution in [0.1, 0.15) is 34.3 Å². The van der Waals surface area contributed by atoms with E-state index in [0.717, 1.165) is 43.1 Å². The first-order chi connectivity index (χ1) is 8.66. The minimum absolute atomic E-state index is 0. The molecule has 1 fully saturated rings. The van der Waals surface area contributed by atoms with Crippen molar-refractivity contribution in [1.82, 2.24) is 10.6 Å². The van der Waals surface area contributed by atoms with Gasteiger partial charge in [-0.3, -0.25) is 4.79 Å². The molecule has 3 nitrogen and oxygen atoms in total. The number of carbonyl (C=O) groups is 1. The number of amides is 1. The quantitative estimate of drug-likeness (QED) is 0.891. The second-order valence-corrected chi connectivity index (χ2v) is 5.22. The molecule has 19 heavy (non-hydrogen) atoms. The number of halogens is 1. The monoisotopic (exact) mass is 282 g/mol. The van der Waals surface area contributed by atoms with E-state index in [1.165, 1.54) is 12.0 Å². The van der Waals surface area contributed by atoms with Crippen LogP contribution in [0.3, 0.4) is 0 Å². The minimum Gasteiger partial charge on any atom is -0.352 e. The lowest BCUT2D eigenvalue weighted by Gasteiger charge is -2.11. The van der Waals surface area contributed by atoms with E-state index < -0.39 is 0 Å². The van der Waals surface area contributed by atoms with E-state index in [4.69, 9.17) is 0 Å². The first-order valence-corrected chi connectivity index (χ1v) is 6.73. The van der Waals surface area contributed by atoms with Crippen molar-refractivity contribution in [2.75, 3.05) is 19.6 Å². The molecule has 2 rings (SSSR count). The first kappa shape index (κ1) is 16.0. The second-order valence-electron chi connectivity index (χ2n) is 5.22. The molecule has 0 radical (unpaired) electrons. The van der Waals surface area contributed by atoms with Crippen LogP contribution in [0.5, 0.6) is 0 Å². The van der Waals surface area contributed by atoms with Gasteiger partial charge in [0.2, 0.25) is 0 Å². The molecular formula is C15H23ClN2O. The summed E-state index contributed by atoms with van der Waals surface area (Å²) in [6.07, 6.45) is 2.31. The second kappa shape index (κ2) is 7.51. The van der Waals surface area contributed by atoms with E-state index in [2.05, 4.69) is 16.7 Å². The predicted molar refractivity (Wildman–Crippen MR) is 81.1 cm³/mol.